The molecule has 0 radical (unpaired) electrons. The highest BCUT2D eigenvalue weighted by molar-refractivity contribution is 6.03. The van der Waals surface area contributed by atoms with Crippen LogP contribution < -0.4 is 10.6 Å². The molecule has 2 N–H and O–H groups in total. The zero-order chi connectivity index (χ0) is 18.7. The first-order valence-electron chi connectivity index (χ1n) is 8.48. The van der Waals surface area contributed by atoms with Gasteiger partial charge in [-0.1, -0.05) is 35.4 Å². The van der Waals surface area contributed by atoms with E-state index in [1.807, 2.05) is 58.0 Å². The van der Waals surface area contributed by atoms with Gasteiger partial charge in [-0.2, -0.15) is 0 Å². The molecule has 0 aliphatic rings. The zero-order valence-electron chi connectivity index (χ0n) is 15.4. The quantitative estimate of drug-likeness (QED) is 0.718. The van der Waals surface area contributed by atoms with Crippen LogP contribution in [0.25, 0.3) is 0 Å². The van der Waals surface area contributed by atoms with Crippen LogP contribution in [0.2, 0.25) is 0 Å². The lowest BCUT2D eigenvalue weighted by Gasteiger charge is -2.11. The van der Waals surface area contributed by atoms with Crippen LogP contribution in [0.4, 0.5) is 17.3 Å². The number of nitrogens with zero attached hydrogens (tertiary/aromatic N) is 2. The molecule has 0 aliphatic heterocycles. The van der Waals surface area contributed by atoms with E-state index < -0.39 is 0 Å². The van der Waals surface area contributed by atoms with Gasteiger partial charge in [0, 0.05) is 17.6 Å². The molecule has 0 saturated carbocycles. The van der Waals surface area contributed by atoms with Gasteiger partial charge in [-0.15, -0.1) is 0 Å². The number of hydrogen-bond donors (Lipinski definition) is 2. The van der Waals surface area contributed by atoms with Gasteiger partial charge < -0.3 is 10.6 Å². The predicted molar refractivity (Wildman–Crippen MR) is 105 cm³/mol. The van der Waals surface area contributed by atoms with Gasteiger partial charge in [-0.3, -0.25) is 4.79 Å². The number of amides is 1. The molecule has 3 rings (SSSR count). The molecule has 5 heteroatoms. The topological polar surface area (TPSA) is 66.9 Å². The normalized spacial score (nSPS) is 10.5. The fourth-order valence-electron chi connectivity index (χ4n) is 2.76. The van der Waals surface area contributed by atoms with E-state index in [4.69, 9.17) is 0 Å². The van der Waals surface area contributed by atoms with Crippen LogP contribution in [0.5, 0.6) is 0 Å². The van der Waals surface area contributed by atoms with Gasteiger partial charge in [0.05, 0.1) is 0 Å². The van der Waals surface area contributed by atoms with Crippen molar-refractivity contribution < 1.29 is 4.79 Å². The van der Waals surface area contributed by atoms with E-state index in [0.29, 0.717) is 11.6 Å². The van der Waals surface area contributed by atoms with Crippen molar-refractivity contribution in [2.45, 2.75) is 27.7 Å². The van der Waals surface area contributed by atoms with E-state index in [2.05, 4.69) is 26.7 Å². The average Bonchev–Trinajstić information content (AvgIpc) is 2.60. The highest BCUT2D eigenvalue weighted by Gasteiger charge is 2.11. The molecule has 1 amide bonds. The maximum Gasteiger partial charge on any atom is 0.274 e. The van der Waals surface area contributed by atoms with Crippen molar-refractivity contribution in [3.05, 3.63) is 76.6 Å². The van der Waals surface area contributed by atoms with Crippen LogP contribution in [0, 0.1) is 27.7 Å². The van der Waals surface area contributed by atoms with Crippen molar-refractivity contribution in [3.8, 4) is 0 Å². The molecule has 132 valence electrons. The Bertz CT molecular complexity index is 966. The highest BCUT2D eigenvalue weighted by Crippen LogP contribution is 2.20. The standard InChI is InChI=1S/C21H22N4O/c1-13-5-7-17(15(3)11-13)23-20(26)19-9-10-22-21(25-19)24-18-8-6-14(2)12-16(18)4/h5-12H,1-4H3,(H,23,26)(H,22,24,25). The SMILES string of the molecule is Cc1ccc(NC(=O)c2ccnc(Nc3ccc(C)cc3C)n2)c(C)c1. The summed E-state index contributed by atoms with van der Waals surface area (Å²) in [5.41, 5.74) is 6.47. The summed E-state index contributed by atoms with van der Waals surface area (Å²) in [7, 11) is 0. The van der Waals surface area contributed by atoms with Gasteiger partial charge in [0.2, 0.25) is 5.95 Å². The first-order valence-corrected chi connectivity index (χ1v) is 8.48. The first kappa shape index (κ1) is 17.6. The van der Waals surface area contributed by atoms with Crippen molar-refractivity contribution in [1.29, 1.82) is 0 Å². The van der Waals surface area contributed by atoms with E-state index in [9.17, 15) is 4.79 Å². The number of aromatic nitrogens is 2. The van der Waals surface area contributed by atoms with Gasteiger partial charge in [0.1, 0.15) is 5.69 Å². The summed E-state index contributed by atoms with van der Waals surface area (Å²) in [6.07, 6.45) is 1.58. The molecule has 0 atom stereocenters. The van der Waals surface area contributed by atoms with E-state index in [-0.39, 0.29) is 5.91 Å². The number of benzene rings is 2. The van der Waals surface area contributed by atoms with Crippen LogP contribution in [0.3, 0.4) is 0 Å². The largest absolute Gasteiger partial charge is 0.324 e. The molecule has 3 aromatic rings. The summed E-state index contributed by atoms with van der Waals surface area (Å²) < 4.78 is 0. The lowest BCUT2D eigenvalue weighted by molar-refractivity contribution is 0.102. The van der Waals surface area contributed by atoms with Crippen LogP contribution in [0.1, 0.15) is 32.7 Å². The molecule has 0 spiro atoms. The number of anilines is 3. The van der Waals surface area contributed by atoms with Crippen molar-refractivity contribution in [2.24, 2.45) is 0 Å². The van der Waals surface area contributed by atoms with Gasteiger partial charge in [0.25, 0.3) is 5.91 Å². The zero-order valence-corrected chi connectivity index (χ0v) is 15.4. The minimum absolute atomic E-state index is 0.261. The Labute approximate surface area is 153 Å². The van der Waals surface area contributed by atoms with Crippen LogP contribution in [0.15, 0.2) is 48.7 Å². The molecule has 1 aromatic heterocycles. The van der Waals surface area contributed by atoms with E-state index in [1.165, 1.54) is 5.56 Å². The molecule has 0 bridgehead atoms. The Kier molecular flexibility index (Phi) is 4.98. The maximum absolute atomic E-state index is 12.5. The number of carbonyl (C=O) groups excluding carboxylic acids is 1. The number of nitrogens with one attached hydrogen (secondary N) is 2. The molecule has 0 saturated heterocycles. The summed E-state index contributed by atoms with van der Waals surface area (Å²) in [6.45, 7) is 8.06. The third-order valence-electron chi connectivity index (χ3n) is 4.15. The third kappa shape index (κ3) is 4.06. The molecule has 0 fully saturated rings. The fraction of sp³-hybridized carbons (Fsp3) is 0.190. The molecular weight excluding hydrogens is 324 g/mol. The molecule has 0 aliphatic carbocycles. The first-order chi connectivity index (χ1) is 12.4. The molecular formula is C21H22N4O. The van der Waals surface area contributed by atoms with Crippen molar-refractivity contribution >= 4 is 23.2 Å². The second-order valence-electron chi connectivity index (χ2n) is 6.48. The Hall–Kier alpha value is -3.21. The van der Waals surface area contributed by atoms with Crippen LogP contribution in [-0.4, -0.2) is 15.9 Å². The number of rotatable bonds is 4. The Balaban J connectivity index is 1.79. The minimum Gasteiger partial charge on any atom is -0.324 e. The smallest absolute Gasteiger partial charge is 0.274 e. The summed E-state index contributed by atoms with van der Waals surface area (Å²) in [4.78, 5) is 21.1. The summed E-state index contributed by atoms with van der Waals surface area (Å²) in [6, 6.07) is 13.6. The van der Waals surface area contributed by atoms with Gasteiger partial charge in [-0.25, -0.2) is 9.97 Å². The van der Waals surface area contributed by atoms with Crippen LogP contribution in [-0.2, 0) is 0 Å². The number of aryl methyl sites for hydroxylation is 4. The molecule has 0 unspecified atom stereocenters. The average molecular weight is 346 g/mol. The van der Waals surface area contributed by atoms with Crippen molar-refractivity contribution in [3.63, 3.8) is 0 Å². The predicted octanol–water partition coefficient (Wildman–Crippen LogP) is 4.71. The maximum atomic E-state index is 12.5. The van der Waals surface area contributed by atoms with E-state index in [0.717, 1.165) is 28.1 Å². The van der Waals surface area contributed by atoms with Gasteiger partial charge in [0.15, 0.2) is 0 Å². The molecule has 26 heavy (non-hydrogen) atoms. The molecule has 2 aromatic carbocycles. The van der Waals surface area contributed by atoms with Crippen LogP contribution >= 0.6 is 0 Å². The Morgan fingerprint density at radius 1 is 0.846 bits per heavy atom. The Morgan fingerprint density at radius 3 is 2.08 bits per heavy atom. The van der Waals surface area contributed by atoms with Crippen molar-refractivity contribution in [2.75, 3.05) is 10.6 Å². The van der Waals surface area contributed by atoms with Crippen molar-refractivity contribution in [1.82, 2.24) is 9.97 Å². The molecule has 5 nitrogen and oxygen atoms in total. The second kappa shape index (κ2) is 7.35. The monoisotopic (exact) mass is 346 g/mol. The summed E-state index contributed by atoms with van der Waals surface area (Å²) >= 11 is 0. The minimum atomic E-state index is -0.261. The fourth-order valence-corrected chi connectivity index (χ4v) is 2.76. The molecule has 1 heterocycles. The highest BCUT2D eigenvalue weighted by atomic mass is 16.1. The van der Waals surface area contributed by atoms with Gasteiger partial charge >= 0.3 is 0 Å². The summed E-state index contributed by atoms with van der Waals surface area (Å²) in [5, 5.41) is 6.08. The summed E-state index contributed by atoms with van der Waals surface area (Å²) in [5.74, 6) is 0.133. The van der Waals surface area contributed by atoms with E-state index >= 15 is 0 Å². The number of carbonyl (C=O) groups is 1. The van der Waals surface area contributed by atoms with E-state index in [1.54, 1.807) is 12.3 Å². The Morgan fingerprint density at radius 2 is 1.46 bits per heavy atom. The second-order valence-corrected chi connectivity index (χ2v) is 6.48. The third-order valence-corrected chi connectivity index (χ3v) is 4.15. The lowest BCUT2D eigenvalue weighted by Crippen LogP contribution is -2.15. The van der Waals surface area contributed by atoms with Gasteiger partial charge in [-0.05, 0) is 57.0 Å². The number of hydrogen-bond acceptors (Lipinski definition) is 4. The lowest BCUT2D eigenvalue weighted by atomic mass is 10.1.